The second kappa shape index (κ2) is 9.32. The quantitative estimate of drug-likeness (QED) is 0.451. The number of hydrogen-bond donors (Lipinski definition) is 3. The number of aliphatic hydroxyl groups excluding tert-OH is 2. The molecule has 0 radical (unpaired) electrons. The first-order valence-corrected chi connectivity index (χ1v) is 11.5. The fourth-order valence-electron chi connectivity index (χ4n) is 4.94. The van der Waals surface area contributed by atoms with E-state index in [2.05, 4.69) is 20.3 Å². The summed E-state index contributed by atoms with van der Waals surface area (Å²) in [5, 5.41) is 24.2. The molecule has 1 aromatic carbocycles. The second-order valence-corrected chi connectivity index (χ2v) is 9.12. The number of imidazole rings is 1. The summed E-state index contributed by atoms with van der Waals surface area (Å²) in [6.45, 7) is 0. The predicted octanol–water partition coefficient (Wildman–Crippen LogP) is 3.36. The monoisotopic (exact) mass is 495 g/mol. The topological polar surface area (TPSA) is 105 Å². The third-order valence-electron chi connectivity index (χ3n) is 6.86. The average Bonchev–Trinajstić information content (AvgIpc) is 3.53. The van der Waals surface area contributed by atoms with Crippen LogP contribution in [0.1, 0.15) is 37.5 Å². The number of alkyl halides is 3. The van der Waals surface area contributed by atoms with E-state index in [9.17, 15) is 27.8 Å². The van der Waals surface area contributed by atoms with Gasteiger partial charge in [-0.25, -0.2) is 19.3 Å². The van der Waals surface area contributed by atoms with Gasteiger partial charge >= 0.3 is 6.18 Å². The van der Waals surface area contributed by atoms with E-state index in [1.165, 1.54) is 23.3 Å². The van der Waals surface area contributed by atoms with Crippen molar-refractivity contribution in [1.82, 2.24) is 19.5 Å². The van der Waals surface area contributed by atoms with E-state index >= 15 is 0 Å². The molecule has 35 heavy (non-hydrogen) atoms. The van der Waals surface area contributed by atoms with Crippen LogP contribution in [-0.2, 0) is 11.2 Å². The number of aromatic nitrogens is 4. The van der Waals surface area contributed by atoms with Crippen LogP contribution in [0.4, 0.5) is 23.4 Å². The van der Waals surface area contributed by atoms with Gasteiger partial charge in [-0.1, -0.05) is 18.2 Å². The Bertz CT molecular complexity index is 1190. The van der Waals surface area contributed by atoms with Gasteiger partial charge < -0.3 is 20.3 Å². The fraction of sp³-hybridized carbons (Fsp3) is 0.522. The highest BCUT2D eigenvalue weighted by Gasteiger charge is 2.45. The van der Waals surface area contributed by atoms with Crippen molar-refractivity contribution in [2.75, 3.05) is 5.32 Å². The molecular formula is C23H25F4N5O3. The Hall–Kier alpha value is -2.83. The minimum Gasteiger partial charge on any atom is -0.388 e. The first-order valence-electron chi connectivity index (χ1n) is 11.5. The van der Waals surface area contributed by atoms with Gasteiger partial charge in [0.1, 0.15) is 24.4 Å². The van der Waals surface area contributed by atoms with Gasteiger partial charge in [-0.15, -0.1) is 0 Å². The smallest absolute Gasteiger partial charge is 0.388 e. The molecule has 1 aliphatic heterocycles. The molecule has 1 saturated heterocycles. The summed E-state index contributed by atoms with van der Waals surface area (Å²) in [5.41, 5.74) is 1.11. The molecule has 12 heteroatoms. The van der Waals surface area contributed by atoms with Crippen LogP contribution in [0.2, 0.25) is 0 Å². The van der Waals surface area contributed by atoms with Crippen LogP contribution in [0, 0.1) is 11.7 Å². The summed E-state index contributed by atoms with van der Waals surface area (Å²) in [4.78, 5) is 12.7. The Balaban J connectivity index is 1.31. The molecule has 6 atom stereocenters. The third kappa shape index (κ3) is 4.69. The van der Waals surface area contributed by atoms with Gasteiger partial charge in [0.05, 0.1) is 18.3 Å². The van der Waals surface area contributed by atoms with Gasteiger partial charge in [-0.2, -0.15) is 13.2 Å². The third-order valence-corrected chi connectivity index (χ3v) is 6.86. The van der Waals surface area contributed by atoms with Crippen LogP contribution >= 0.6 is 0 Å². The van der Waals surface area contributed by atoms with Crippen molar-refractivity contribution in [1.29, 1.82) is 0 Å². The summed E-state index contributed by atoms with van der Waals surface area (Å²) < 4.78 is 60.4. The minimum absolute atomic E-state index is 0.0456. The van der Waals surface area contributed by atoms with Crippen LogP contribution in [0.25, 0.3) is 11.2 Å². The number of aliphatic hydroxyl groups is 2. The van der Waals surface area contributed by atoms with Gasteiger partial charge in [0.25, 0.3) is 0 Å². The summed E-state index contributed by atoms with van der Waals surface area (Å²) in [6, 6.07) is 5.93. The first-order chi connectivity index (χ1) is 16.7. The Kier molecular flexibility index (Phi) is 6.36. The van der Waals surface area contributed by atoms with Gasteiger partial charge in [-0.05, 0) is 43.7 Å². The Morgan fingerprint density at radius 3 is 2.63 bits per heavy atom. The number of nitrogens with one attached hydrogen (secondary N) is 1. The molecule has 1 aliphatic carbocycles. The number of ether oxygens (including phenoxy) is 1. The summed E-state index contributed by atoms with van der Waals surface area (Å²) in [6.07, 6.45) is -4.85. The number of nitrogens with zero attached hydrogens (tertiary/aromatic N) is 4. The van der Waals surface area contributed by atoms with Crippen molar-refractivity contribution in [3.8, 4) is 0 Å². The van der Waals surface area contributed by atoms with Crippen molar-refractivity contribution >= 4 is 17.0 Å². The van der Waals surface area contributed by atoms with Crippen LogP contribution in [0.15, 0.2) is 36.9 Å². The molecule has 2 aliphatic rings. The van der Waals surface area contributed by atoms with Gasteiger partial charge in [0.2, 0.25) is 0 Å². The Labute approximate surface area is 198 Å². The normalized spacial score (nSPS) is 29.2. The standard InChI is InChI=1S/C23H25F4N5O3/c24-15-4-2-1-3-12(15)5-8-16-18(33)19(34)22(35-16)32-11-30-17-20(28-10-29-21(17)32)31-14-7-6-13(9-14)23(25,26)27/h1-4,10-11,13-14,16,18-19,22,33-34H,5-9H2,(H,28,29,31)/t13?,14?,16-,18-,19-,22-/m1/s1. The predicted molar refractivity (Wildman–Crippen MR) is 117 cm³/mol. The molecule has 0 bridgehead atoms. The molecular weight excluding hydrogens is 470 g/mol. The van der Waals surface area contributed by atoms with Crippen molar-refractivity contribution in [3.05, 3.63) is 48.3 Å². The number of fused-ring (bicyclic) bond motifs is 1. The number of halogens is 4. The number of anilines is 1. The molecule has 3 heterocycles. The average molecular weight is 495 g/mol. The van der Waals surface area contributed by atoms with E-state index in [-0.39, 0.29) is 25.1 Å². The lowest BCUT2D eigenvalue weighted by Gasteiger charge is -2.17. The minimum atomic E-state index is -4.22. The highest BCUT2D eigenvalue weighted by atomic mass is 19.4. The van der Waals surface area contributed by atoms with E-state index in [1.807, 2.05) is 0 Å². The van der Waals surface area contributed by atoms with E-state index in [0.717, 1.165) is 0 Å². The molecule has 8 nitrogen and oxygen atoms in total. The maximum Gasteiger partial charge on any atom is 0.391 e. The van der Waals surface area contributed by atoms with Crippen molar-refractivity contribution in [3.63, 3.8) is 0 Å². The van der Waals surface area contributed by atoms with Crippen LogP contribution in [0.5, 0.6) is 0 Å². The zero-order valence-corrected chi connectivity index (χ0v) is 18.6. The number of aryl methyl sites for hydroxylation is 1. The molecule has 1 saturated carbocycles. The molecule has 0 spiro atoms. The van der Waals surface area contributed by atoms with Gasteiger partial charge in [0.15, 0.2) is 23.2 Å². The number of hydrogen-bond acceptors (Lipinski definition) is 7. The van der Waals surface area contributed by atoms with Crippen molar-refractivity contribution < 1.29 is 32.5 Å². The van der Waals surface area contributed by atoms with E-state index in [4.69, 9.17) is 4.74 Å². The molecule has 188 valence electrons. The molecule has 2 aromatic heterocycles. The lowest BCUT2D eigenvalue weighted by Crippen LogP contribution is -2.31. The first kappa shape index (κ1) is 23.9. The molecule has 2 unspecified atom stereocenters. The SMILES string of the molecule is O[C@@H]1[C@H](O)[C@@H](CCc2ccccc2F)O[C@H]1n1cnc2c(NC3CCC(C(F)(F)F)C3)ncnc21. The number of rotatable bonds is 6. The van der Waals surface area contributed by atoms with Crippen molar-refractivity contribution in [2.45, 2.75) is 68.9 Å². The zero-order chi connectivity index (χ0) is 24.7. The highest BCUT2D eigenvalue weighted by Crippen LogP contribution is 2.40. The molecule has 5 rings (SSSR count). The summed E-state index contributed by atoms with van der Waals surface area (Å²) in [5.74, 6) is -1.40. The molecule has 3 aromatic rings. The van der Waals surface area contributed by atoms with E-state index < -0.39 is 42.7 Å². The van der Waals surface area contributed by atoms with Crippen LogP contribution in [-0.4, -0.2) is 60.3 Å². The fourth-order valence-corrected chi connectivity index (χ4v) is 4.94. The lowest BCUT2D eigenvalue weighted by atomic mass is 10.0. The van der Waals surface area contributed by atoms with E-state index in [1.54, 1.807) is 18.2 Å². The maximum absolute atomic E-state index is 13.9. The van der Waals surface area contributed by atoms with Gasteiger partial charge in [-0.3, -0.25) is 4.57 Å². The van der Waals surface area contributed by atoms with Crippen LogP contribution in [0.3, 0.4) is 0 Å². The summed E-state index contributed by atoms with van der Waals surface area (Å²) in [7, 11) is 0. The highest BCUT2D eigenvalue weighted by molar-refractivity contribution is 5.82. The second-order valence-electron chi connectivity index (χ2n) is 9.12. The van der Waals surface area contributed by atoms with Crippen LogP contribution < -0.4 is 5.32 Å². The summed E-state index contributed by atoms with van der Waals surface area (Å²) >= 11 is 0. The molecule has 0 amide bonds. The Morgan fingerprint density at radius 1 is 1.09 bits per heavy atom. The number of benzene rings is 1. The maximum atomic E-state index is 13.9. The largest absolute Gasteiger partial charge is 0.391 e. The van der Waals surface area contributed by atoms with Crippen molar-refractivity contribution in [2.24, 2.45) is 5.92 Å². The van der Waals surface area contributed by atoms with E-state index in [0.29, 0.717) is 35.4 Å². The lowest BCUT2D eigenvalue weighted by molar-refractivity contribution is -0.172. The molecule has 3 N–H and O–H groups in total. The van der Waals surface area contributed by atoms with Gasteiger partial charge in [0, 0.05) is 6.04 Å². The Morgan fingerprint density at radius 2 is 1.89 bits per heavy atom. The zero-order valence-electron chi connectivity index (χ0n) is 18.6. The molecule has 2 fully saturated rings.